The number of carbonyl (C=O) groups excluding carboxylic acids is 2. The molecule has 6 N–H and O–H groups in total. The van der Waals surface area contributed by atoms with Crippen LogP contribution in [0.4, 0.5) is 0 Å². The van der Waals surface area contributed by atoms with Crippen molar-refractivity contribution in [1.82, 2.24) is 10.6 Å². The fourth-order valence-corrected chi connectivity index (χ4v) is 4.08. The SMILES string of the molecule is CCCCCNC(=O)[C@H](Cc1ccc(OC(C(=O)O)C(=O)O)cc1)NC(=O)CCc1ccc(CC(C(=O)O)C(=O)O)cc1. The first-order valence-corrected chi connectivity index (χ1v) is 13.7. The Bertz CT molecular complexity index is 1250. The molecule has 13 nitrogen and oxygen atoms in total. The normalized spacial score (nSPS) is 11.5. The highest BCUT2D eigenvalue weighted by atomic mass is 16.5. The summed E-state index contributed by atoms with van der Waals surface area (Å²) in [5.41, 5.74) is 1.90. The Hall–Kier alpha value is -4.94. The van der Waals surface area contributed by atoms with E-state index in [0.29, 0.717) is 24.1 Å². The molecule has 0 radical (unpaired) electrons. The van der Waals surface area contributed by atoms with E-state index in [1.54, 1.807) is 36.4 Å². The molecule has 0 bridgehead atoms. The minimum Gasteiger partial charge on any atom is -0.481 e. The van der Waals surface area contributed by atoms with Gasteiger partial charge < -0.3 is 35.8 Å². The van der Waals surface area contributed by atoms with Crippen molar-refractivity contribution in [1.29, 1.82) is 0 Å². The smallest absolute Gasteiger partial charge is 0.356 e. The predicted molar refractivity (Wildman–Crippen MR) is 152 cm³/mol. The zero-order valence-corrected chi connectivity index (χ0v) is 23.7. The highest BCUT2D eigenvalue weighted by Crippen LogP contribution is 2.16. The van der Waals surface area contributed by atoms with Crippen LogP contribution in [0.5, 0.6) is 5.75 Å². The minimum absolute atomic E-state index is 0.00983. The molecule has 13 heteroatoms. The highest BCUT2D eigenvalue weighted by molar-refractivity contribution is 5.96. The molecule has 0 aromatic heterocycles. The van der Waals surface area contributed by atoms with Crippen molar-refractivity contribution in [3.8, 4) is 5.75 Å². The summed E-state index contributed by atoms with van der Waals surface area (Å²) in [5.74, 6) is -8.47. The van der Waals surface area contributed by atoms with Gasteiger partial charge in [-0.3, -0.25) is 19.2 Å². The van der Waals surface area contributed by atoms with Crippen molar-refractivity contribution in [2.45, 2.75) is 64.0 Å². The standard InChI is InChI=1S/C30H36N2O11/c1-2-3-4-15-31-26(34)23(17-20-9-12-21(13-10-20)43-25(29(39)40)30(41)42)32-24(33)14-11-18-5-7-19(8-6-18)16-22(27(35)36)28(37)38/h5-10,12-13,22-23,25H,2-4,11,14-17H2,1H3,(H,31,34)(H,32,33)(H,35,36)(H,37,38)(H,39,40)(H,41,42)/t23-/m0/s1. The van der Waals surface area contributed by atoms with Crippen LogP contribution < -0.4 is 15.4 Å². The van der Waals surface area contributed by atoms with E-state index in [0.717, 1.165) is 24.8 Å². The van der Waals surface area contributed by atoms with E-state index >= 15 is 0 Å². The van der Waals surface area contributed by atoms with Crippen LogP contribution in [-0.4, -0.2) is 74.8 Å². The molecule has 0 spiro atoms. The van der Waals surface area contributed by atoms with Gasteiger partial charge in [0.05, 0.1) is 0 Å². The number of unbranched alkanes of at least 4 members (excludes halogenated alkanes) is 2. The Kier molecular flexibility index (Phi) is 13.6. The molecule has 0 aliphatic carbocycles. The lowest BCUT2D eigenvalue weighted by atomic mass is 9.98. The molecule has 0 unspecified atom stereocenters. The second kappa shape index (κ2) is 17.1. The topological polar surface area (TPSA) is 217 Å². The number of aliphatic carboxylic acids is 4. The van der Waals surface area contributed by atoms with Crippen molar-refractivity contribution in [3.63, 3.8) is 0 Å². The van der Waals surface area contributed by atoms with Crippen LogP contribution in [-0.2, 0) is 48.0 Å². The van der Waals surface area contributed by atoms with Gasteiger partial charge in [0.15, 0.2) is 5.92 Å². The summed E-state index contributed by atoms with van der Waals surface area (Å²) in [6, 6.07) is 11.5. The van der Waals surface area contributed by atoms with E-state index in [4.69, 9.17) is 25.2 Å². The number of hydrogen-bond donors (Lipinski definition) is 6. The molecule has 2 rings (SSSR count). The quantitative estimate of drug-likeness (QED) is 0.101. The van der Waals surface area contributed by atoms with Gasteiger partial charge in [-0.1, -0.05) is 56.2 Å². The Morgan fingerprint density at radius 3 is 1.79 bits per heavy atom. The van der Waals surface area contributed by atoms with Gasteiger partial charge in [-0.2, -0.15) is 0 Å². The van der Waals surface area contributed by atoms with Crippen LogP contribution in [0.2, 0.25) is 0 Å². The summed E-state index contributed by atoms with van der Waals surface area (Å²) in [4.78, 5) is 70.2. The maximum absolute atomic E-state index is 12.9. The van der Waals surface area contributed by atoms with Gasteiger partial charge in [-0.15, -0.1) is 0 Å². The fraction of sp³-hybridized carbons (Fsp3) is 0.400. The van der Waals surface area contributed by atoms with Gasteiger partial charge in [0, 0.05) is 19.4 Å². The van der Waals surface area contributed by atoms with E-state index in [1.165, 1.54) is 12.1 Å². The fourth-order valence-electron chi connectivity index (χ4n) is 4.08. The number of carboxylic acid groups (broad SMARTS) is 4. The number of hydrogen-bond acceptors (Lipinski definition) is 7. The van der Waals surface area contributed by atoms with Crippen LogP contribution in [0.3, 0.4) is 0 Å². The molecule has 2 aromatic carbocycles. The molecule has 2 amide bonds. The lowest BCUT2D eigenvalue weighted by molar-refractivity contribution is -0.159. The van der Waals surface area contributed by atoms with Gasteiger partial charge in [-0.25, -0.2) is 9.59 Å². The van der Waals surface area contributed by atoms with Crippen LogP contribution in [0.25, 0.3) is 0 Å². The number of carbonyl (C=O) groups is 6. The zero-order chi connectivity index (χ0) is 31.9. The first kappa shape index (κ1) is 34.3. The summed E-state index contributed by atoms with van der Waals surface area (Å²) in [5, 5.41) is 41.7. The van der Waals surface area contributed by atoms with Gasteiger partial charge in [-0.05, 0) is 48.1 Å². The van der Waals surface area contributed by atoms with Crippen molar-refractivity contribution >= 4 is 35.7 Å². The number of benzene rings is 2. The van der Waals surface area contributed by atoms with Crippen LogP contribution in [0, 0.1) is 5.92 Å². The lowest BCUT2D eigenvalue weighted by Gasteiger charge is -2.19. The molecule has 0 aliphatic rings. The van der Waals surface area contributed by atoms with Crippen molar-refractivity contribution in [3.05, 3.63) is 65.2 Å². The molecular weight excluding hydrogens is 564 g/mol. The van der Waals surface area contributed by atoms with Gasteiger partial charge in [0.2, 0.25) is 11.8 Å². The van der Waals surface area contributed by atoms with E-state index in [-0.39, 0.29) is 36.8 Å². The molecule has 0 fully saturated rings. The highest BCUT2D eigenvalue weighted by Gasteiger charge is 2.28. The monoisotopic (exact) mass is 600 g/mol. The first-order chi connectivity index (χ1) is 20.4. The van der Waals surface area contributed by atoms with Gasteiger partial charge >= 0.3 is 23.9 Å². The average molecular weight is 601 g/mol. The summed E-state index contributed by atoms with van der Waals surface area (Å²) in [7, 11) is 0. The van der Waals surface area contributed by atoms with Crippen LogP contribution in [0.15, 0.2) is 48.5 Å². The first-order valence-electron chi connectivity index (χ1n) is 13.7. The van der Waals surface area contributed by atoms with Crippen molar-refractivity contribution in [2.24, 2.45) is 5.92 Å². The molecule has 43 heavy (non-hydrogen) atoms. The number of ether oxygens (including phenoxy) is 1. The molecule has 2 aromatic rings. The van der Waals surface area contributed by atoms with Crippen LogP contribution in [0.1, 0.15) is 49.3 Å². The predicted octanol–water partition coefficient (Wildman–Crippen LogP) is 1.90. The lowest BCUT2D eigenvalue weighted by Crippen LogP contribution is -2.48. The molecule has 0 aliphatic heterocycles. The Balaban J connectivity index is 2.03. The number of amides is 2. The third-order valence-corrected chi connectivity index (χ3v) is 6.50. The van der Waals surface area contributed by atoms with E-state index in [9.17, 15) is 28.8 Å². The maximum Gasteiger partial charge on any atom is 0.356 e. The second-order valence-electron chi connectivity index (χ2n) is 9.89. The van der Waals surface area contributed by atoms with E-state index in [2.05, 4.69) is 10.6 Å². The largest absolute Gasteiger partial charge is 0.481 e. The second-order valence-corrected chi connectivity index (χ2v) is 9.89. The van der Waals surface area contributed by atoms with Gasteiger partial charge in [0.1, 0.15) is 11.8 Å². The molecule has 0 saturated heterocycles. The molecule has 0 saturated carbocycles. The van der Waals surface area contributed by atoms with Crippen LogP contribution >= 0.6 is 0 Å². The molecule has 232 valence electrons. The van der Waals surface area contributed by atoms with E-state index < -0.39 is 41.9 Å². The van der Waals surface area contributed by atoms with Crippen molar-refractivity contribution in [2.75, 3.05) is 6.54 Å². The summed E-state index contributed by atoms with van der Waals surface area (Å²) >= 11 is 0. The number of aryl methyl sites for hydroxylation is 1. The van der Waals surface area contributed by atoms with E-state index in [1.807, 2.05) is 6.92 Å². The van der Waals surface area contributed by atoms with Crippen molar-refractivity contribution < 1.29 is 53.9 Å². The summed E-state index contributed by atoms with van der Waals surface area (Å²) in [6.45, 7) is 2.47. The Morgan fingerprint density at radius 1 is 0.721 bits per heavy atom. The summed E-state index contributed by atoms with van der Waals surface area (Å²) < 4.78 is 5.01. The third-order valence-electron chi connectivity index (χ3n) is 6.50. The molecule has 0 heterocycles. The Morgan fingerprint density at radius 2 is 1.26 bits per heavy atom. The number of carboxylic acids is 4. The molecular formula is C30H36N2O11. The number of rotatable bonds is 19. The Labute approximate surface area is 247 Å². The van der Waals surface area contributed by atoms with Gasteiger partial charge in [0.25, 0.3) is 6.10 Å². The average Bonchev–Trinajstić information content (AvgIpc) is 2.96. The summed E-state index contributed by atoms with van der Waals surface area (Å²) in [6.07, 6.45) is 0.897. The maximum atomic E-state index is 12.9. The minimum atomic E-state index is -2.07. The zero-order valence-electron chi connectivity index (χ0n) is 23.7. The molecule has 1 atom stereocenters. The number of nitrogens with one attached hydrogen (secondary N) is 2. The third kappa shape index (κ3) is 11.8.